The number of benzene rings is 1. The Bertz CT molecular complexity index is 910. The maximum Gasteiger partial charge on any atom is 0.275 e. The lowest BCUT2D eigenvalue weighted by atomic mass is 10.0. The first-order valence-electron chi connectivity index (χ1n) is 8.96. The highest BCUT2D eigenvalue weighted by molar-refractivity contribution is 6.05. The van der Waals surface area contributed by atoms with E-state index in [2.05, 4.69) is 15.5 Å². The molecule has 10 nitrogen and oxygen atoms in total. The third-order valence-electron chi connectivity index (χ3n) is 5.21. The van der Waals surface area contributed by atoms with Crippen LogP contribution in [0.5, 0.6) is 0 Å². The number of hydrogen-bond donors (Lipinski definition) is 2. The Kier molecular flexibility index (Phi) is 4.48. The maximum atomic E-state index is 13.0. The van der Waals surface area contributed by atoms with E-state index in [1.807, 2.05) is 4.90 Å². The maximum absolute atomic E-state index is 13.0. The molecule has 27 heavy (non-hydrogen) atoms. The van der Waals surface area contributed by atoms with E-state index in [0.717, 1.165) is 19.4 Å². The van der Waals surface area contributed by atoms with Gasteiger partial charge >= 0.3 is 0 Å². The number of nitro benzene ring substituents is 1. The molecule has 2 fully saturated rings. The number of non-ortho nitro benzene ring substituents is 1. The second-order valence-corrected chi connectivity index (χ2v) is 6.87. The summed E-state index contributed by atoms with van der Waals surface area (Å²) in [6.45, 7) is 2.76. The number of nitro groups is 1. The van der Waals surface area contributed by atoms with Crippen molar-refractivity contribution in [1.29, 1.82) is 0 Å². The molecule has 1 aromatic heterocycles. The van der Waals surface area contributed by atoms with Gasteiger partial charge in [0.1, 0.15) is 0 Å². The van der Waals surface area contributed by atoms with E-state index in [0.29, 0.717) is 37.1 Å². The number of piperidine rings is 1. The van der Waals surface area contributed by atoms with Crippen molar-refractivity contribution < 1.29 is 14.5 Å². The number of nitrogens with zero attached hydrogens (tertiary/aromatic N) is 4. The Labute approximate surface area is 154 Å². The normalized spacial score (nSPS) is 20.9. The Morgan fingerprint density at radius 1 is 1.33 bits per heavy atom. The van der Waals surface area contributed by atoms with Crippen LogP contribution in [0.1, 0.15) is 23.3 Å². The summed E-state index contributed by atoms with van der Waals surface area (Å²) < 4.78 is 0. The largest absolute Gasteiger partial charge is 0.336 e. The fraction of sp³-hybridized carbons (Fsp3) is 0.471. The molecule has 2 aliphatic rings. The third kappa shape index (κ3) is 3.23. The topological polar surface area (TPSA) is 124 Å². The molecule has 2 amide bonds. The van der Waals surface area contributed by atoms with Gasteiger partial charge in [0.2, 0.25) is 5.91 Å². The Morgan fingerprint density at radius 3 is 2.96 bits per heavy atom. The summed E-state index contributed by atoms with van der Waals surface area (Å²) >= 11 is 0. The number of hydrogen-bond acceptors (Lipinski definition) is 6. The van der Waals surface area contributed by atoms with Crippen molar-refractivity contribution in [2.75, 3.05) is 32.7 Å². The zero-order chi connectivity index (χ0) is 19.0. The summed E-state index contributed by atoms with van der Waals surface area (Å²) in [7, 11) is 0. The predicted octanol–water partition coefficient (Wildman–Crippen LogP) is 0.507. The van der Waals surface area contributed by atoms with E-state index in [-0.39, 0.29) is 29.2 Å². The van der Waals surface area contributed by atoms with Crippen LogP contribution < -0.4 is 5.32 Å². The van der Waals surface area contributed by atoms with Crippen LogP contribution in [0.4, 0.5) is 5.69 Å². The molecule has 0 spiro atoms. The molecule has 0 radical (unpaired) electrons. The number of carbonyl (C=O) groups excluding carboxylic acids is 2. The van der Waals surface area contributed by atoms with E-state index >= 15 is 0 Å². The van der Waals surface area contributed by atoms with Crippen LogP contribution in [0.15, 0.2) is 18.2 Å². The number of aromatic amines is 1. The van der Waals surface area contributed by atoms with Gasteiger partial charge in [-0.2, -0.15) is 5.10 Å². The summed E-state index contributed by atoms with van der Waals surface area (Å²) in [6, 6.07) is 4.29. The number of amides is 2. The second kappa shape index (κ2) is 6.95. The lowest BCUT2D eigenvalue weighted by molar-refractivity contribution is -0.384. The Balaban J connectivity index is 1.57. The summed E-state index contributed by atoms with van der Waals surface area (Å²) in [5.74, 6) is -0.213. The standard InChI is InChI=1S/C17H20N6O4/c24-15-9-18-5-7-22(15)12-2-1-6-21(10-12)17(25)16-13-8-11(23(26)27)3-4-14(13)19-20-16/h3-4,8,12,18H,1-2,5-7,9-10H2,(H,19,20). The van der Waals surface area contributed by atoms with Crippen LogP contribution in [0.25, 0.3) is 10.9 Å². The highest BCUT2D eigenvalue weighted by Crippen LogP contribution is 2.25. The average molecular weight is 372 g/mol. The second-order valence-electron chi connectivity index (χ2n) is 6.87. The molecular formula is C17H20N6O4. The molecule has 0 aliphatic carbocycles. The van der Waals surface area contributed by atoms with Gasteiger partial charge in [-0.1, -0.05) is 0 Å². The number of likely N-dealkylation sites (tertiary alicyclic amines) is 1. The van der Waals surface area contributed by atoms with E-state index in [4.69, 9.17) is 0 Å². The molecule has 2 N–H and O–H groups in total. The van der Waals surface area contributed by atoms with Crippen LogP contribution in [-0.2, 0) is 4.79 Å². The van der Waals surface area contributed by atoms with Crippen LogP contribution in [0.2, 0.25) is 0 Å². The van der Waals surface area contributed by atoms with Crippen LogP contribution in [0.3, 0.4) is 0 Å². The summed E-state index contributed by atoms with van der Waals surface area (Å²) in [6.07, 6.45) is 1.67. The van der Waals surface area contributed by atoms with Gasteiger partial charge in [0.15, 0.2) is 5.69 Å². The molecule has 2 aliphatic heterocycles. The van der Waals surface area contributed by atoms with Gasteiger partial charge in [0.05, 0.1) is 17.0 Å². The molecular weight excluding hydrogens is 352 g/mol. The molecule has 1 unspecified atom stereocenters. The van der Waals surface area contributed by atoms with Crippen molar-refractivity contribution in [2.45, 2.75) is 18.9 Å². The van der Waals surface area contributed by atoms with E-state index in [9.17, 15) is 19.7 Å². The molecule has 10 heteroatoms. The highest BCUT2D eigenvalue weighted by Gasteiger charge is 2.33. The highest BCUT2D eigenvalue weighted by atomic mass is 16.6. The number of rotatable bonds is 3. The number of aromatic nitrogens is 2. The van der Waals surface area contributed by atoms with Gasteiger partial charge in [-0.15, -0.1) is 0 Å². The first kappa shape index (κ1) is 17.4. The molecule has 4 rings (SSSR count). The molecule has 142 valence electrons. The monoisotopic (exact) mass is 372 g/mol. The van der Waals surface area contributed by atoms with Gasteiger partial charge in [0, 0.05) is 49.7 Å². The molecule has 0 saturated carbocycles. The zero-order valence-corrected chi connectivity index (χ0v) is 14.7. The minimum absolute atomic E-state index is 0.00292. The third-order valence-corrected chi connectivity index (χ3v) is 5.21. The first-order chi connectivity index (χ1) is 13.0. The fourth-order valence-corrected chi connectivity index (χ4v) is 3.83. The lowest BCUT2D eigenvalue weighted by Crippen LogP contribution is -2.57. The average Bonchev–Trinajstić information content (AvgIpc) is 3.11. The quantitative estimate of drug-likeness (QED) is 0.597. The minimum atomic E-state index is -0.492. The van der Waals surface area contributed by atoms with Gasteiger partial charge in [-0.25, -0.2) is 0 Å². The van der Waals surface area contributed by atoms with E-state index in [1.54, 1.807) is 11.0 Å². The number of fused-ring (bicyclic) bond motifs is 1. The lowest BCUT2D eigenvalue weighted by Gasteiger charge is -2.41. The van der Waals surface area contributed by atoms with Crippen molar-refractivity contribution in [1.82, 2.24) is 25.3 Å². The predicted molar refractivity (Wildman–Crippen MR) is 96.3 cm³/mol. The van der Waals surface area contributed by atoms with Gasteiger partial charge in [0.25, 0.3) is 11.6 Å². The van der Waals surface area contributed by atoms with Gasteiger partial charge < -0.3 is 15.1 Å². The summed E-state index contributed by atoms with van der Waals surface area (Å²) in [5, 5.41) is 21.4. The molecule has 2 saturated heterocycles. The van der Waals surface area contributed by atoms with Crippen molar-refractivity contribution in [3.8, 4) is 0 Å². The van der Waals surface area contributed by atoms with Gasteiger partial charge in [-0.3, -0.25) is 24.8 Å². The zero-order valence-electron chi connectivity index (χ0n) is 14.7. The van der Waals surface area contributed by atoms with Gasteiger partial charge in [-0.05, 0) is 18.9 Å². The van der Waals surface area contributed by atoms with Crippen molar-refractivity contribution in [3.63, 3.8) is 0 Å². The van der Waals surface area contributed by atoms with Crippen LogP contribution in [-0.4, -0.2) is 75.5 Å². The molecule has 2 aromatic rings. The van der Waals surface area contributed by atoms with Crippen LogP contribution in [0, 0.1) is 10.1 Å². The van der Waals surface area contributed by atoms with E-state index < -0.39 is 4.92 Å². The number of nitrogens with one attached hydrogen (secondary N) is 2. The SMILES string of the molecule is O=C(c1n[nH]c2ccc([N+](=O)[O-])cc12)N1CCCC(N2CCNCC2=O)C1. The molecule has 3 heterocycles. The van der Waals surface area contributed by atoms with Crippen molar-refractivity contribution >= 4 is 28.4 Å². The fourth-order valence-electron chi connectivity index (χ4n) is 3.83. The number of piperazine rings is 1. The minimum Gasteiger partial charge on any atom is -0.336 e. The van der Waals surface area contributed by atoms with E-state index in [1.165, 1.54) is 12.1 Å². The summed E-state index contributed by atoms with van der Waals surface area (Å²) in [4.78, 5) is 39.3. The Morgan fingerprint density at radius 2 is 2.19 bits per heavy atom. The van der Waals surface area contributed by atoms with Crippen molar-refractivity contribution in [3.05, 3.63) is 34.0 Å². The summed E-state index contributed by atoms with van der Waals surface area (Å²) in [5.41, 5.74) is 0.677. The first-order valence-corrected chi connectivity index (χ1v) is 8.96. The molecule has 1 atom stereocenters. The molecule has 0 bridgehead atoms. The van der Waals surface area contributed by atoms with Crippen molar-refractivity contribution in [2.24, 2.45) is 0 Å². The van der Waals surface area contributed by atoms with Crippen LogP contribution >= 0.6 is 0 Å². The Hall–Kier alpha value is -3.01. The smallest absolute Gasteiger partial charge is 0.275 e. The number of H-pyrrole nitrogens is 1. The molecule has 1 aromatic carbocycles. The number of carbonyl (C=O) groups is 2.